The van der Waals surface area contributed by atoms with Gasteiger partial charge in [0.25, 0.3) is 0 Å². The van der Waals surface area contributed by atoms with Gasteiger partial charge in [-0.1, -0.05) is 0 Å². The molecular weight excluding hydrogens is 406 g/mol. The van der Waals surface area contributed by atoms with Crippen LogP contribution in [0.25, 0.3) is 0 Å². The maximum absolute atomic E-state index is 12.0. The van der Waals surface area contributed by atoms with Crippen molar-refractivity contribution >= 4 is 41.9 Å². The van der Waals surface area contributed by atoms with E-state index >= 15 is 0 Å². The average Bonchev–Trinajstić information content (AvgIpc) is 2.67. The zero-order chi connectivity index (χ0) is 15.2. The largest absolute Gasteiger partial charge is 0.390 e. The second kappa shape index (κ2) is 8.89. The van der Waals surface area contributed by atoms with E-state index in [-0.39, 0.29) is 62.0 Å². The van der Waals surface area contributed by atoms with Crippen molar-refractivity contribution < 1.29 is 22.8 Å². The molecule has 1 aliphatic heterocycles. The number of amides is 3. The molecule has 0 aromatic heterocycles. The van der Waals surface area contributed by atoms with Gasteiger partial charge in [0.2, 0.25) is 5.91 Å². The fraction of sp³-hybridized carbons (Fsp3) is 0.700. The highest BCUT2D eigenvalue weighted by Gasteiger charge is 2.28. The van der Waals surface area contributed by atoms with Crippen LogP contribution < -0.4 is 16.0 Å². The number of guanidine groups is 1. The van der Waals surface area contributed by atoms with Crippen LogP contribution in [-0.2, 0) is 4.79 Å². The molecule has 0 spiro atoms. The Morgan fingerprint density at radius 3 is 2.43 bits per heavy atom. The SMILES string of the molecule is CN=C(NCCN1C(=O)CNC1=O)NCCC(F)(F)F.I. The summed E-state index contributed by atoms with van der Waals surface area (Å²) >= 11 is 0. The van der Waals surface area contributed by atoms with Crippen LogP contribution in [0.2, 0.25) is 0 Å². The fourth-order valence-corrected chi connectivity index (χ4v) is 1.51. The summed E-state index contributed by atoms with van der Waals surface area (Å²) in [5, 5.41) is 7.57. The van der Waals surface area contributed by atoms with Crippen LogP contribution in [0.3, 0.4) is 0 Å². The molecule has 1 saturated heterocycles. The number of alkyl halides is 3. The molecule has 1 heterocycles. The van der Waals surface area contributed by atoms with Crippen molar-refractivity contribution in [2.45, 2.75) is 12.6 Å². The molecule has 1 rings (SSSR count). The lowest BCUT2D eigenvalue weighted by molar-refractivity contribution is -0.133. The standard InChI is InChI=1S/C10H16F3N5O2.HI/c1-14-8(15-3-2-10(11,12)13)16-4-5-18-7(19)6-17-9(18)20;/h2-6H2,1H3,(H,17,20)(H2,14,15,16);1H. The van der Waals surface area contributed by atoms with Gasteiger partial charge in [-0.15, -0.1) is 24.0 Å². The lowest BCUT2D eigenvalue weighted by atomic mass is 10.4. The summed E-state index contributed by atoms with van der Waals surface area (Å²) in [6, 6.07) is -0.475. The number of aliphatic imine (C=N–C) groups is 1. The Morgan fingerprint density at radius 1 is 1.33 bits per heavy atom. The average molecular weight is 423 g/mol. The van der Waals surface area contributed by atoms with Crippen molar-refractivity contribution in [1.29, 1.82) is 0 Å². The van der Waals surface area contributed by atoms with Gasteiger partial charge in [-0.05, 0) is 0 Å². The summed E-state index contributed by atoms with van der Waals surface area (Å²) in [7, 11) is 1.41. The van der Waals surface area contributed by atoms with Gasteiger partial charge in [-0.25, -0.2) is 4.79 Å². The van der Waals surface area contributed by atoms with E-state index in [1.165, 1.54) is 7.05 Å². The van der Waals surface area contributed by atoms with E-state index in [0.717, 1.165) is 4.90 Å². The number of carbonyl (C=O) groups excluding carboxylic acids is 2. The Bertz CT molecular complexity index is 387. The van der Waals surface area contributed by atoms with Gasteiger partial charge < -0.3 is 16.0 Å². The Kier molecular flexibility index (Phi) is 8.36. The van der Waals surface area contributed by atoms with E-state index in [0.29, 0.717) is 0 Å². The zero-order valence-electron chi connectivity index (χ0n) is 11.3. The van der Waals surface area contributed by atoms with E-state index in [1.807, 2.05) is 0 Å². The number of nitrogens with zero attached hydrogens (tertiary/aromatic N) is 2. The molecule has 0 saturated carbocycles. The second-order valence-electron chi connectivity index (χ2n) is 4.00. The van der Waals surface area contributed by atoms with Crippen LogP contribution in [-0.4, -0.2) is 62.2 Å². The maximum atomic E-state index is 12.0. The van der Waals surface area contributed by atoms with E-state index in [9.17, 15) is 22.8 Å². The predicted molar refractivity (Wildman–Crippen MR) is 80.6 cm³/mol. The van der Waals surface area contributed by atoms with Crippen molar-refractivity contribution in [2.24, 2.45) is 4.99 Å². The third-order valence-electron chi connectivity index (χ3n) is 2.49. The van der Waals surface area contributed by atoms with Crippen molar-refractivity contribution in [3.63, 3.8) is 0 Å². The molecule has 1 aliphatic rings. The highest BCUT2D eigenvalue weighted by atomic mass is 127. The Balaban J connectivity index is 0.00000400. The second-order valence-corrected chi connectivity index (χ2v) is 4.00. The molecule has 11 heteroatoms. The molecule has 0 bridgehead atoms. The Hall–Kier alpha value is -1.27. The van der Waals surface area contributed by atoms with E-state index < -0.39 is 18.6 Å². The van der Waals surface area contributed by atoms with Crippen molar-refractivity contribution in [1.82, 2.24) is 20.9 Å². The van der Waals surface area contributed by atoms with Gasteiger partial charge in [-0.2, -0.15) is 13.2 Å². The lowest BCUT2D eigenvalue weighted by Gasteiger charge is -2.15. The van der Waals surface area contributed by atoms with Gasteiger partial charge in [0.15, 0.2) is 5.96 Å². The van der Waals surface area contributed by atoms with Crippen LogP contribution in [0.5, 0.6) is 0 Å². The van der Waals surface area contributed by atoms with E-state index in [2.05, 4.69) is 20.9 Å². The minimum absolute atomic E-state index is 0. The first-order valence-electron chi connectivity index (χ1n) is 5.93. The first-order chi connectivity index (χ1) is 9.33. The Labute approximate surface area is 136 Å². The number of hydrogen-bond donors (Lipinski definition) is 3. The highest BCUT2D eigenvalue weighted by molar-refractivity contribution is 14.0. The first-order valence-corrected chi connectivity index (χ1v) is 5.93. The monoisotopic (exact) mass is 423 g/mol. The first kappa shape index (κ1) is 19.7. The molecule has 3 amide bonds. The number of halogens is 4. The molecule has 0 aliphatic carbocycles. The Morgan fingerprint density at radius 2 is 1.95 bits per heavy atom. The van der Waals surface area contributed by atoms with Gasteiger partial charge in [-0.3, -0.25) is 14.7 Å². The minimum atomic E-state index is -4.23. The summed E-state index contributed by atoms with van der Waals surface area (Å²) in [6.07, 6.45) is -5.20. The molecule has 1 fully saturated rings. The summed E-state index contributed by atoms with van der Waals surface area (Å²) in [5.41, 5.74) is 0. The number of nitrogens with one attached hydrogen (secondary N) is 3. The topological polar surface area (TPSA) is 85.8 Å². The molecule has 0 unspecified atom stereocenters. The molecule has 0 aromatic carbocycles. The van der Waals surface area contributed by atoms with Crippen LogP contribution in [0.1, 0.15) is 6.42 Å². The number of rotatable bonds is 5. The van der Waals surface area contributed by atoms with Gasteiger partial charge in [0.1, 0.15) is 0 Å². The predicted octanol–water partition coefficient (Wildman–Crippen LogP) is 0.274. The lowest BCUT2D eigenvalue weighted by Crippen LogP contribution is -2.43. The molecule has 122 valence electrons. The molecule has 3 N–H and O–H groups in total. The highest BCUT2D eigenvalue weighted by Crippen LogP contribution is 2.17. The van der Waals surface area contributed by atoms with Crippen LogP contribution in [0.4, 0.5) is 18.0 Å². The van der Waals surface area contributed by atoms with Gasteiger partial charge in [0.05, 0.1) is 13.0 Å². The number of hydrogen-bond acceptors (Lipinski definition) is 3. The zero-order valence-corrected chi connectivity index (χ0v) is 13.6. The van der Waals surface area contributed by atoms with E-state index in [4.69, 9.17) is 0 Å². The van der Waals surface area contributed by atoms with E-state index in [1.54, 1.807) is 0 Å². The summed E-state index contributed by atoms with van der Waals surface area (Å²) in [6.45, 7) is -0.0147. The normalized spacial score (nSPS) is 15.6. The summed E-state index contributed by atoms with van der Waals surface area (Å²) in [5.74, 6) is -0.155. The van der Waals surface area contributed by atoms with Gasteiger partial charge in [0, 0.05) is 26.7 Å². The summed E-state index contributed by atoms with van der Waals surface area (Å²) < 4.78 is 35.9. The van der Waals surface area contributed by atoms with Gasteiger partial charge >= 0.3 is 12.2 Å². The summed E-state index contributed by atoms with van der Waals surface area (Å²) in [4.78, 5) is 27.2. The number of urea groups is 1. The number of carbonyl (C=O) groups is 2. The molecule has 0 radical (unpaired) electrons. The fourth-order valence-electron chi connectivity index (χ4n) is 1.51. The molecule has 21 heavy (non-hydrogen) atoms. The minimum Gasteiger partial charge on any atom is -0.356 e. The third kappa shape index (κ3) is 7.34. The third-order valence-corrected chi connectivity index (χ3v) is 2.49. The van der Waals surface area contributed by atoms with Crippen molar-refractivity contribution in [2.75, 3.05) is 33.2 Å². The van der Waals surface area contributed by atoms with Crippen LogP contribution in [0.15, 0.2) is 4.99 Å². The smallest absolute Gasteiger partial charge is 0.356 e. The molecule has 7 nitrogen and oxygen atoms in total. The van der Waals surface area contributed by atoms with Crippen LogP contribution in [0, 0.1) is 0 Å². The van der Waals surface area contributed by atoms with Crippen LogP contribution >= 0.6 is 24.0 Å². The van der Waals surface area contributed by atoms with Crippen molar-refractivity contribution in [3.05, 3.63) is 0 Å². The quantitative estimate of drug-likeness (QED) is 0.257. The molecule has 0 aromatic rings. The van der Waals surface area contributed by atoms with Crippen molar-refractivity contribution in [3.8, 4) is 0 Å². The molecule has 0 atom stereocenters. The molecular formula is C10H17F3IN5O2. The maximum Gasteiger partial charge on any atom is 0.390 e. The number of imide groups is 1.